The number of allylic oxidation sites excluding steroid dienone is 3. The zero-order chi connectivity index (χ0) is 30.8. The number of para-hydroxylation sites is 2. The first-order valence-electron chi connectivity index (χ1n) is 13.6. The maximum absolute atomic E-state index is 9.07. The van der Waals surface area contributed by atoms with Gasteiger partial charge in [0.05, 0.1) is 12.9 Å². The molecular formula is C31H43ClKN5O4. The van der Waals surface area contributed by atoms with Crippen LogP contribution in [0.1, 0.15) is 54.4 Å². The molecule has 1 aromatic carbocycles. The molecule has 0 radical (unpaired) electrons. The molecule has 0 spiro atoms. The summed E-state index contributed by atoms with van der Waals surface area (Å²) in [5, 5.41) is 21.2. The van der Waals surface area contributed by atoms with E-state index >= 15 is 0 Å². The Bertz CT molecular complexity index is 1240. The summed E-state index contributed by atoms with van der Waals surface area (Å²) in [6, 6.07) is 8.89. The standard InChI is InChI=1S/C16H13ClN5O2.C10H16O.C3H8O.C2H6.K/c1-18-14-12(24-11-7-4-3-6-10(11)23-2)13(17)21-16(22-14)15-19-8-5-9-20-15;1-10(2,3)8-4-6-9(11)7-5-8;1-2-3-4;1-2;/h3-9H,1-2H3;4,6-8,11H,5H2,1-3H3;4H,2-3H2,1H3;1-2H3;/q-1;;;;+1. The van der Waals surface area contributed by atoms with Crippen molar-refractivity contribution in [3.05, 3.63) is 77.2 Å². The molecule has 3 aromatic rings. The van der Waals surface area contributed by atoms with Gasteiger partial charge in [0.1, 0.15) is 5.76 Å². The van der Waals surface area contributed by atoms with Gasteiger partial charge in [-0.2, -0.15) is 0 Å². The van der Waals surface area contributed by atoms with Crippen LogP contribution in [0.4, 0.5) is 5.82 Å². The van der Waals surface area contributed by atoms with E-state index in [4.69, 9.17) is 31.3 Å². The molecule has 4 rings (SSSR count). The molecule has 2 heterocycles. The third kappa shape index (κ3) is 13.5. The number of benzene rings is 1. The fourth-order valence-electron chi connectivity index (χ4n) is 3.23. The fourth-order valence-corrected chi connectivity index (χ4v) is 3.43. The van der Waals surface area contributed by atoms with Crippen molar-refractivity contribution in [3.63, 3.8) is 0 Å². The van der Waals surface area contributed by atoms with Gasteiger partial charge in [0, 0.05) is 19.0 Å². The number of aliphatic hydroxyl groups excluding tert-OH is 2. The van der Waals surface area contributed by atoms with Crippen molar-refractivity contribution < 1.29 is 71.1 Å². The Labute approximate surface area is 298 Å². The van der Waals surface area contributed by atoms with Crippen LogP contribution in [0.5, 0.6) is 17.2 Å². The van der Waals surface area contributed by atoms with Gasteiger partial charge in [-0.1, -0.05) is 78.4 Å². The van der Waals surface area contributed by atoms with Gasteiger partial charge in [0.25, 0.3) is 0 Å². The van der Waals surface area contributed by atoms with E-state index < -0.39 is 0 Å². The molecule has 0 fully saturated rings. The average Bonchev–Trinajstić information content (AvgIpc) is 3.00. The van der Waals surface area contributed by atoms with Gasteiger partial charge in [-0.05, 0) is 60.3 Å². The molecule has 1 unspecified atom stereocenters. The van der Waals surface area contributed by atoms with Crippen molar-refractivity contribution in [2.24, 2.45) is 11.3 Å². The molecule has 42 heavy (non-hydrogen) atoms. The minimum atomic E-state index is 0. The number of hydrogen-bond donors (Lipinski definition) is 2. The molecule has 1 aliphatic rings. The smallest absolute Gasteiger partial charge is 0.508 e. The van der Waals surface area contributed by atoms with Gasteiger partial charge in [-0.15, -0.1) is 0 Å². The van der Waals surface area contributed by atoms with Crippen molar-refractivity contribution in [3.8, 4) is 28.9 Å². The zero-order valence-corrected chi connectivity index (χ0v) is 30.2. The van der Waals surface area contributed by atoms with E-state index in [9.17, 15) is 0 Å². The first-order valence-corrected chi connectivity index (χ1v) is 14.0. The number of nitrogens with zero attached hydrogens (tertiary/aromatic N) is 5. The number of rotatable bonds is 6. The molecule has 1 atom stereocenters. The summed E-state index contributed by atoms with van der Waals surface area (Å²) in [4.78, 5) is 16.7. The summed E-state index contributed by atoms with van der Waals surface area (Å²) in [5.41, 5.74) is 0.313. The van der Waals surface area contributed by atoms with Gasteiger partial charge in [-0.25, -0.2) is 15.0 Å². The minimum absolute atomic E-state index is 0. The third-order valence-corrected chi connectivity index (χ3v) is 5.74. The molecule has 2 N–H and O–H groups in total. The molecule has 224 valence electrons. The van der Waals surface area contributed by atoms with E-state index in [-0.39, 0.29) is 68.1 Å². The van der Waals surface area contributed by atoms with Crippen LogP contribution in [-0.2, 0) is 0 Å². The van der Waals surface area contributed by atoms with E-state index in [2.05, 4.69) is 52.1 Å². The Hall–Kier alpha value is -2.05. The molecule has 2 aromatic heterocycles. The second-order valence-corrected chi connectivity index (χ2v) is 9.82. The van der Waals surface area contributed by atoms with Crippen LogP contribution in [0.25, 0.3) is 17.0 Å². The molecule has 1 aliphatic carbocycles. The van der Waals surface area contributed by atoms with Gasteiger partial charge in [0.2, 0.25) is 0 Å². The van der Waals surface area contributed by atoms with Crippen LogP contribution < -0.4 is 60.9 Å². The molecular weight excluding hydrogens is 581 g/mol. The van der Waals surface area contributed by atoms with E-state index in [0.29, 0.717) is 46.8 Å². The predicted molar refractivity (Wildman–Crippen MR) is 166 cm³/mol. The number of aromatic nitrogens is 4. The Morgan fingerprint density at radius 1 is 1.02 bits per heavy atom. The summed E-state index contributed by atoms with van der Waals surface area (Å²) in [6.45, 7) is 12.9. The number of hydrogen-bond acceptors (Lipinski definition) is 8. The molecule has 0 bridgehead atoms. The Kier molecular flexibility index (Phi) is 20.5. The molecule has 0 aliphatic heterocycles. The SMILES string of the molecule is CC.CC(C)(C)C1C=CC(O)=CC1.CCCO.C[N-]c1nc(-c2ncccn2)nc(Cl)c1Oc1ccccc1OC.[K+]. The largest absolute Gasteiger partial charge is 1.00 e. The first-order chi connectivity index (χ1) is 19.6. The summed E-state index contributed by atoms with van der Waals surface area (Å²) in [5.74, 6) is 3.18. The second kappa shape index (κ2) is 21.6. The second-order valence-electron chi connectivity index (χ2n) is 9.46. The van der Waals surface area contributed by atoms with Gasteiger partial charge < -0.3 is 30.0 Å². The molecule has 0 amide bonds. The van der Waals surface area contributed by atoms with Crippen molar-refractivity contribution in [1.29, 1.82) is 0 Å². The van der Waals surface area contributed by atoms with Crippen LogP contribution in [0.3, 0.4) is 0 Å². The first kappa shape index (κ1) is 39.9. The number of aliphatic hydroxyl groups is 2. The topological polar surface area (TPSA) is 125 Å². The van der Waals surface area contributed by atoms with Crippen LogP contribution in [0.2, 0.25) is 5.15 Å². The van der Waals surface area contributed by atoms with Gasteiger partial charge in [0.15, 0.2) is 28.2 Å². The van der Waals surface area contributed by atoms with Crippen molar-refractivity contribution in [1.82, 2.24) is 19.9 Å². The normalized spacial score (nSPS) is 13.3. The summed E-state index contributed by atoms with van der Waals surface area (Å²) in [6.07, 6.45) is 10.8. The van der Waals surface area contributed by atoms with E-state index in [0.717, 1.165) is 12.8 Å². The van der Waals surface area contributed by atoms with Crippen LogP contribution >= 0.6 is 11.6 Å². The predicted octanol–water partition coefficient (Wildman–Crippen LogP) is 5.49. The fraction of sp³-hybridized carbons (Fsp3) is 0.419. The third-order valence-electron chi connectivity index (χ3n) is 5.48. The van der Waals surface area contributed by atoms with Gasteiger partial charge >= 0.3 is 51.4 Å². The van der Waals surface area contributed by atoms with Crippen LogP contribution in [0, 0.1) is 11.3 Å². The number of halogens is 1. The van der Waals surface area contributed by atoms with E-state index in [1.807, 2.05) is 39.0 Å². The quantitative estimate of drug-likeness (QED) is 0.273. The summed E-state index contributed by atoms with van der Waals surface area (Å²) in [7, 11) is 3.14. The Morgan fingerprint density at radius 3 is 2.10 bits per heavy atom. The molecule has 0 saturated carbocycles. The summed E-state index contributed by atoms with van der Waals surface area (Å²) < 4.78 is 11.1. The number of methoxy groups -OCH3 is 1. The Morgan fingerprint density at radius 2 is 1.62 bits per heavy atom. The zero-order valence-electron chi connectivity index (χ0n) is 26.3. The average molecular weight is 624 g/mol. The van der Waals surface area contributed by atoms with Gasteiger partial charge in [-0.3, -0.25) is 0 Å². The van der Waals surface area contributed by atoms with Crippen LogP contribution in [-0.4, -0.2) is 50.9 Å². The Balaban J connectivity index is 0.000000780. The van der Waals surface area contributed by atoms with Crippen molar-refractivity contribution >= 4 is 17.4 Å². The van der Waals surface area contributed by atoms with Crippen molar-refractivity contribution in [2.75, 3.05) is 20.8 Å². The monoisotopic (exact) mass is 623 g/mol. The summed E-state index contributed by atoms with van der Waals surface area (Å²) >= 11 is 6.28. The maximum atomic E-state index is 9.07. The van der Waals surface area contributed by atoms with E-state index in [1.165, 1.54) is 0 Å². The molecule has 11 heteroatoms. The van der Waals surface area contributed by atoms with Crippen molar-refractivity contribution in [2.45, 2.75) is 54.4 Å². The minimum Gasteiger partial charge on any atom is -0.508 e. The maximum Gasteiger partial charge on any atom is 1.00 e. The number of ether oxygens (including phenoxy) is 2. The van der Waals surface area contributed by atoms with Crippen LogP contribution in [0.15, 0.2) is 66.7 Å². The molecule has 0 saturated heterocycles. The van der Waals surface area contributed by atoms with E-state index in [1.54, 1.807) is 50.8 Å². The molecule has 9 nitrogen and oxygen atoms in total.